The molecule has 0 saturated carbocycles. The second-order valence-corrected chi connectivity index (χ2v) is 3.70. The fourth-order valence-corrected chi connectivity index (χ4v) is 1.58. The zero-order valence-electron chi connectivity index (χ0n) is 9.79. The van der Waals surface area contributed by atoms with Gasteiger partial charge in [-0.2, -0.15) is 0 Å². The number of aromatic nitrogens is 4. The van der Waals surface area contributed by atoms with Crippen molar-refractivity contribution in [3.63, 3.8) is 0 Å². The molecule has 0 aliphatic heterocycles. The van der Waals surface area contributed by atoms with Crippen molar-refractivity contribution in [1.82, 2.24) is 19.6 Å². The Morgan fingerprint density at radius 2 is 2.35 bits per heavy atom. The quantitative estimate of drug-likeness (QED) is 0.752. The topological polar surface area (TPSA) is 84.6 Å². The Morgan fingerprint density at radius 3 is 3.06 bits per heavy atom. The van der Waals surface area contributed by atoms with Gasteiger partial charge in [0.1, 0.15) is 5.82 Å². The van der Waals surface area contributed by atoms with Crippen LogP contribution in [0.3, 0.4) is 0 Å². The maximum atomic E-state index is 9.18. The maximum Gasteiger partial charge on any atom is 0.203 e. The Balaban J connectivity index is 2.29. The molecule has 2 rings (SSSR count). The maximum absolute atomic E-state index is 9.18. The Hall–Kier alpha value is -1.73. The summed E-state index contributed by atoms with van der Waals surface area (Å²) in [6.07, 6.45) is 3.45. The number of hydrogen-bond donors (Lipinski definition) is 2. The minimum atomic E-state index is -0.212. The molecule has 7 nitrogen and oxygen atoms in total. The third-order valence-electron chi connectivity index (χ3n) is 2.43. The Labute approximate surface area is 98.5 Å². The van der Waals surface area contributed by atoms with Crippen LogP contribution >= 0.6 is 0 Å². The number of rotatable bonds is 5. The fraction of sp³-hybridized carbons (Fsp3) is 0.500. The SMILES string of the molecule is COCC(CO)Nc1nccn2c(C)nnc12. The van der Waals surface area contributed by atoms with E-state index in [9.17, 15) is 5.11 Å². The van der Waals surface area contributed by atoms with E-state index in [1.807, 2.05) is 11.3 Å². The number of aliphatic hydroxyl groups is 1. The van der Waals surface area contributed by atoms with Crippen molar-refractivity contribution in [1.29, 1.82) is 0 Å². The lowest BCUT2D eigenvalue weighted by Crippen LogP contribution is -2.29. The second kappa shape index (κ2) is 5.07. The van der Waals surface area contributed by atoms with E-state index in [2.05, 4.69) is 20.5 Å². The number of hydrogen-bond acceptors (Lipinski definition) is 6. The van der Waals surface area contributed by atoms with E-state index in [0.29, 0.717) is 18.1 Å². The summed E-state index contributed by atoms with van der Waals surface area (Å²) in [4.78, 5) is 4.19. The molecule has 0 spiro atoms. The van der Waals surface area contributed by atoms with E-state index in [-0.39, 0.29) is 12.6 Å². The van der Waals surface area contributed by atoms with E-state index < -0.39 is 0 Å². The normalized spacial score (nSPS) is 12.9. The molecule has 0 aliphatic carbocycles. The van der Waals surface area contributed by atoms with Crippen LogP contribution in [0.15, 0.2) is 12.4 Å². The molecule has 0 saturated heterocycles. The predicted octanol–water partition coefficient (Wildman–Crippen LogP) is -0.148. The molecule has 2 heterocycles. The summed E-state index contributed by atoms with van der Waals surface area (Å²) in [5.74, 6) is 1.38. The average Bonchev–Trinajstić information content (AvgIpc) is 2.72. The molecule has 2 aromatic rings. The first kappa shape index (κ1) is 11.7. The van der Waals surface area contributed by atoms with Crippen molar-refractivity contribution in [3.05, 3.63) is 18.2 Å². The summed E-state index contributed by atoms with van der Waals surface area (Å²) < 4.78 is 6.82. The van der Waals surface area contributed by atoms with Crippen LogP contribution in [0.1, 0.15) is 5.82 Å². The number of nitrogens with zero attached hydrogens (tertiary/aromatic N) is 4. The third-order valence-corrected chi connectivity index (χ3v) is 2.43. The highest BCUT2D eigenvalue weighted by molar-refractivity contribution is 5.62. The number of aliphatic hydroxyl groups excluding tert-OH is 1. The Kier molecular flexibility index (Phi) is 3.50. The Bertz CT molecular complexity index is 498. The van der Waals surface area contributed by atoms with Crippen molar-refractivity contribution in [3.8, 4) is 0 Å². The highest BCUT2D eigenvalue weighted by Crippen LogP contribution is 2.12. The molecule has 0 amide bonds. The van der Waals surface area contributed by atoms with E-state index in [1.165, 1.54) is 0 Å². The number of ether oxygens (including phenoxy) is 1. The van der Waals surface area contributed by atoms with Crippen molar-refractivity contribution in [2.75, 3.05) is 25.6 Å². The molecule has 2 aromatic heterocycles. The molecule has 0 radical (unpaired) electrons. The summed E-state index contributed by atoms with van der Waals surface area (Å²) in [6, 6.07) is -0.212. The molecule has 17 heavy (non-hydrogen) atoms. The number of anilines is 1. The van der Waals surface area contributed by atoms with Crippen molar-refractivity contribution in [2.45, 2.75) is 13.0 Å². The molecule has 7 heteroatoms. The molecule has 2 N–H and O–H groups in total. The first-order valence-corrected chi connectivity index (χ1v) is 5.29. The minimum absolute atomic E-state index is 0.0380. The monoisotopic (exact) mass is 237 g/mol. The molecular weight excluding hydrogens is 222 g/mol. The number of nitrogens with one attached hydrogen (secondary N) is 1. The summed E-state index contributed by atoms with van der Waals surface area (Å²) in [6.45, 7) is 2.22. The van der Waals surface area contributed by atoms with Gasteiger partial charge in [-0.3, -0.25) is 4.40 Å². The smallest absolute Gasteiger partial charge is 0.203 e. The van der Waals surface area contributed by atoms with Crippen LogP contribution in [0, 0.1) is 6.92 Å². The molecule has 1 unspecified atom stereocenters. The van der Waals surface area contributed by atoms with E-state index in [4.69, 9.17) is 4.74 Å². The van der Waals surface area contributed by atoms with Crippen molar-refractivity contribution in [2.24, 2.45) is 0 Å². The first-order chi connectivity index (χ1) is 8.26. The Morgan fingerprint density at radius 1 is 1.53 bits per heavy atom. The van der Waals surface area contributed by atoms with Crippen LogP contribution in [0.2, 0.25) is 0 Å². The fourth-order valence-electron chi connectivity index (χ4n) is 1.58. The van der Waals surface area contributed by atoms with E-state index >= 15 is 0 Å². The van der Waals surface area contributed by atoms with Gasteiger partial charge >= 0.3 is 0 Å². The standard InChI is InChI=1S/C10H15N5O2/c1-7-13-14-10-9(11-3-4-15(7)10)12-8(5-16)6-17-2/h3-4,8,16H,5-6H2,1-2H3,(H,11,12). The lowest BCUT2D eigenvalue weighted by atomic mass is 10.3. The zero-order chi connectivity index (χ0) is 12.3. The van der Waals surface area contributed by atoms with Gasteiger partial charge in [-0.1, -0.05) is 0 Å². The average molecular weight is 237 g/mol. The molecule has 0 fully saturated rings. The van der Waals surface area contributed by atoms with E-state index in [1.54, 1.807) is 19.5 Å². The van der Waals surface area contributed by atoms with Gasteiger partial charge in [0.15, 0.2) is 5.82 Å². The van der Waals surface area contributed by atoms with Crippen LogP contribution in [0.4, 0.5) is 5.82 Å². The van der Waals surface area contributed by atoms with Gasteiger partial charge in [-0.05, 0) is 6.92 Å². The predicted molar refractivity (Wildman–Crippen MR) is 61.9 cm³/mol. The molecule has 1 atom stereocenters. The summed E-state index contributed by atoms with van der Waals surface area (Å²) in [5, 5.41) is 20.3. The largest absolute Gasteiger partial charge is 0.394 e. The van der Waals surface area contributed by atoms with Gasteiger partial charge in [-0.15, -0.1) is 10.2 Å². The zero-order valence-corrected chi connectivity index (χ0v) is 9.79. The van der Waals surface area contributed by atoms with Crippen LogP contribution in [0.5, 0.6) is 0 Å². The summed E-state index contributed by atoms with van der Waals surface area (Å²) >= 11 is 0. The molecule has 92 valence electrons. The van der Waals surface area contributed by atoms with Crippen molar-refractivity contribution >= 4 is 11.5 Å². The lowest BCUT2D eigenvalue weighted by molar-refractivity contribution is 0.153. The lowest BCUT2D eigenvalue weighted by Gasteiger charge is -2.15. The van der Waals surface area contributed by atoms with Crippen LogP contribution in [0.25, 0.3) is 5.65 Å². The van der Waals surface area contributed by atoms with Crippen molar-refractivity contribution < 1.29 is 9.84 Å². The highest BCUT2D eigenvalue weighted by Gasteiger charge is 2.12. The van der Waals surface area contributed by atoms with Gasteiger partial charge in [0.2, 0.25) is 5.65 Å². The first-order valence-electron chi connectivity index (χ1n) is 5.29. The number of fused-ring (bicyclic) bond motifs is 1. The molecule has 0 bridgehead atoms. The van der Waals surface area contributed by atoms with Gasteiger partial charge < -0.3 is 15.2 Å². The minimum Gasteiger partial charge on any atom is -0.394 e. The van der Waals surface area contributed by atoms with E-state index in [0.717, 1.165) is 5.82 Å². The van der Waals surface area contributed by atoms with Gasteiger partial charge in [-0.25, -0.2) is 4.98 Å². The number of methoxy groups -OCH3 is 1. The second-order valence-electron chi connectivity index (χ2n) is 3.70. The molecular formula is C10H15N5O2. The van der Waals surface area contributed by atoms with Crippen LogP contribution in [-0.2, 0) is 4.74 Å². The van der Waals surface area contributed by atoms with Crippen LogP contribution < -0.4 is 5.32 Å². The molecule has 0 aliphatic rings. The van der Waals surface area contributed by atoms with Gasteiger partial charge in [0.05, 0.1) is 19.3 Å². The van der Waals surface area contributed by atoms with Gasteiger partial charge in [0, 0.05) is 19.5 Å². The third kappa shape index (κ3) is 2.34. The summed E-state index contributed by atoms with van der Waals surface area (Å²) in [7, 11) is 1.58. The molecule has 0 aromatic carbocycles. The number of aryl methyl sites for hydroxylation is 1. The summed E-state index contributed by atoms with van der Waals surface area (Å²) in [5.41, 5.74) is 0.638. The van der Waals surface area contributed by atoms with Gasteiger partial charge in [0.25, 0.3) is 0 Å². The van der Waals surface area contributed by atoms with Crippen LogP contribution in [-0.4, -0.2) is 51.1 Å². The highest BCUT2D eigenvalue weighted by atomic mass is 16.5.